The van der Waals surface area contributed by atoms with E-state index in [1.807, 2.05) is 34.5 Å². The summed E-state index contributed by atoms with van der Waals surface area (Å²) in [7, 11) is 1.91. The summed E-state index contributed by atoms with van der Waals surface area (Å²) in [6.45, 7) is 7.71. The van der Waals surface area contributed by atoms with Crippen LogP contribution in [-0.4, -0.2) is 24.3 Å². The van der Waals surface area contributed by atoms with Crippen LogP contribution < -0.4 is 0 Å². The maximum absolute atomic E-state index is 13.5. The Labute approximate surface area is 169 Å². The predicted molar refractivity (Wildman–Crippen MR) is 112 cm³/mol. The second-order valence-electron chi connectivity index (χ2n) is 8.24. The number of aromatic nitrogens is 4. The number of halogens is 1. The highest BCUT2D eigenvalue weighted by molar-refractivity contribution is 5.83. The molecule has 3 heterocycles. The number of rotatable bonds is 4. The van der Waals surface area contributed by atoms with E-state index in [-0.39, 0.29) is 11.7 Å². The number of aliphatic hydroxyl groups is 1. The van der Waals surface area contributed by atoms with Crippen molar-refractivity contribution in [1.82, 2.24) is 19.2 Å². The molecule has 0 spiro atoms. The summed E-state index contributed by atoms with van der Waals surface area (Å²) in [5, 5.41) is 15.3. The Balaban J connectivity index is 2.00. The summed E-state index contributed by atoms with van der Waals surface area (Å²) in [6.07, 6.45) is 3.69. The molecular formula is C23H25FN4O. The number of nitrogens with zero attached hydrogens (tertiary/aromatic N) is 4. The monoisotopic (exact) mass is 392 g/mol. The molecule has 0 aliphatic rings. The van der Waals surface area contributed by atoms with Crippen LogP contribution in [-0.2, 0) is 12.6 Å². The summed E-state index contributed by atoms with van der Waals surface area (Å²) >= 11 is 0. The lowest BCUT2D eigenvalue weighted by molar-refractivity contribution is 0.0730. The Hall–Kier alpha value is -2.99. The maximum Gasteiger partial charge on any atom is 0.137 e. The van der Waals surface area contributed by atoms with Gasteiger partial charge in [0.1, 0.15) is 17.1 Å². The number of hydrogen-bond donors (Lipinski definition) is 1. The second kappa shape index (κ2) is 6.81. The van der Waals surface area contributed by atoms with Gasteiger partial charge in [0, 0.05) is 29.9 Å². The van der Waals surface area contributed by atoms with Crippen LogP contribution in [0.15, 0.2) is 48.8 Å². The van der Waals surface area contributed by atoms with Gasteiger partial charge in [-0.3, -0.25) is 4.68 Å². The maximum atomic E-state index is 13.5. The summed E-state index contributed by atoms with van der Waals surface area (Å²) in [6, 6.07) is 10.4. The average molecular weight is 392 g/mol. The van der Waals surface area contributed by atoms with Gasteiger partial charge in [0.2, 0.25) is 0 Å². The average Bonchev–Trinajstić information content (AvgIpc) is 3.23. The van der Waals surface area contributed by atoms with Crippen molar-refractivity contribution >= 4 is 5.65 Å². The SMILES string of the molecule is CC(C)c1nn(C)c(-c2ccc(F)cc2)c1-c1ccc2ncc(C(C)(C)O)n2c1. The molecule has 0 unspecified atom stereocenters. The molecule has 0 saturated heterocycles. The molecule has 150 valence electrons. The largest absolute Gasteiger partial charge is 0.384 e. The third-order valence-electron chi connectivity index (χ3n) is 5.16. The zero-order valence-electron chi connectivity index (χ0n) is 17.3. The Kier molecular flexibility index (Phi) is 4.54. The number of fused-ring (bicyclic) bond motifs is 1. The molecule has 0 atom stereocenters. The van der Waals surface area contributed by atoms with Gasteiger partial charge in [0.05, 0.1) is 23.3 Å². The van der Waals surface area contributed by atoms with Crippen LogP contribution in [0.5, 0.6) is 0 Å². The third-order valence-corrected chi connectivity index (χ3v) is 5.16. The van der Waals surface area contributed by atoms with Crippen LogP contribution in [0, 0.1) is 5.82 Å². The lowest BCUT2D eigenvalue weighted by Crippen LogP contribution is -2.18. The van der Waals surface area contributed by atoms with E-state index in [0.29, 0.717) is 5.69 Å². The highest BCUT2D eigenvalue weighted by Crippen LogP contribution is 2.38. The smallest absolute Gasteiger partial charge is 0.137 e. The normalized spacial score (nSPS) is 12.3. The van der Waals surface area contributed by atoms with E-state index < -0.39 is 5.60 Å². The van der Waals surface area contributed by atoms with Crippen molar-refractivity contribution in [2.24, 2.45) is 7.05 Å². The van der Waals surface area contributed by atoms with Crippen molar-refractivity contribution in [1.29, 1.82) is 0 Å². The summed E-state index contributed by atoms with van der Waals surface area (Å²) < 4.78 is 17.3. The molecule has 4 rings (SSSR count). The molecule has 4 aromatic rings. The molecule has 1 aromatic carbocycles. The van der Waals surface area contributed by atoms with Crippen molar-refractivity contribution < 1.29 is 9.50 Å². The van der Waals surface area contributed by atoms with Crippen LogP contribution in [0.1, 0.15) is 45.0 Å². The lowest BCUT2D eigenvalue weighted by atomic mass is 9.95. The van der Waals surface area contributed by atoms with Crippen LogP contribution in [0.25, 0.3) is 28.0 Å². The van der Waals surface area contributed by atoms with Crippen molar-refractivity contribution in [2.45, 2.75) is 39.2 Å². The van der Waals surface area contributed by atoms with E-state index >= 15 is 0 Å². The second-order valence-corrected chi connectivity index (χ2v) is 8.24. The Morgan fingerprint density at radius 3 is 2.31 bits per heavy atom. The first-order valence-corrected chi connectivity index (χ1v) is 9.70. The quantitative estimate of drug-likeness (QED) is 0.538. The zero-order chi connectivity index (χ0) is 20.9. The van der Waals surface area contributed by atoms with E-state index in [1.54, 1.807) is 32.2 Å². The minimum Gasteiger partial charge on any atom is -0.384 e. The molecule has 0 amide bonds. The molecule has 5 nitrogen and oxygen atoms in total. The first kappa shape index (κ1) is 19.3. The summed E-state index contributed by atoms with van der Waals surface area (Å²) in [5.74, 6) is -0.0613. The molecule has 29 heavy (non-hydrogen) atoms. The van der Waals surface area contributed by atoms with E-state index in [0.717, 1.165) is 33.7 Å². The highest BCUT2D eigenvalue weighted by atomic mass is 19.1. The van der Waals surface area contributed by atoms with Gasteiger partial charge in [-0.1, -0.05) is 13.8 Å². The molecule has 0 saturated carbocycles. The topological polar surface area (TPSA) is 55.3 Å². The minimum atomic E-state index is -1.02. The van der Waals surface area contributed by atoms with E-state index in [1.165, 1.54) is 12.1 Å². The van der Waals surface area contributed by atoms with E-state index in [2.05, 4.69) is 18.8 Å². The van der Waals surface area contributed by atoms with Crippen molar-refractivity contribution in [3.8, 4) is 22.4 Å². The number of benzene rings is 1. The minimum absolute atomic E-state index is 0.206. The molecule has 3 aromatic heterocycles. The standard InChI is InChI=1S/C23H25FN4O/c1-14(2)21-20(22(27(5)26-21)15-6-9-17(24)10-7-15)16-8-11-19-25-12-18(23(3,4)29)28(19)13-16/h6-14,29H,1-5H3. The van der Waals surface area contributed by atoms with Crippen LogP contribution in [0.2, 0.25) is 0 Å². The number of pyridine rings is 1. The molecular weight excluding hydrogens is 367 g/mol. The number of aryl methyl sites for hydroxylation is 1. The predicted octanol–water partition coefficient (Wildman–Crippen LogP) is 4.89. The Morgan fingerprint density at radius 2 is 1.69 bits per heavy atom. The van der Waals surface area contributed by atoms with Gasteiger partial charge in [-0.05, 0) is 56.2 Å². The third kappa shape index (κ3) is 3.34. The van der Waals surface area contributed by atoms with Crippen molar-refractivity contribution in [2.75, 3.05) is 0 Å². The van der Waals surface area contributed by atoms with E-state index in [4.69, 9.17) is 5.10 Å². The first-order chi connectivity index (χ1) is 13.7. The first-order valence-electron chi connectivity index (χ1n) is 9.70. The fraction of sp³-hybridized carbons (Fsp3) is 0.304. The molecule has 0 radical (unpaired) electrons. The summed E-state index contributed by atoms with van der Waals surface area (Å²) in [5.41, 5.74) is 5.24. The van der Waals surface area contributed by atoms with Crippen LogP contribution in [0.3, 0.4) is 0 Å². The molecule has 0 aliphatic carbocycles. The van der Waals surface area contributed by atoms with Gasteiger partial charge in [0.15, 0.2) is 0 Å². The molecule has 0 bridgehead atoms. The zero-order valence-corrected chi connectivity index (χ0v) is 17.3. The Bertz CT molecular complexity index is 1180. The van der Waals surface area contributed by atoms with Gasteiger partial charge in [-0.2, -0.15) is 5.10 Å². The lowest BCUT2D eigenvalue weighted by Gasteiger charge is -2.17. The number of hydrogen-bond acceptors (Lipinski definition) is 3. The fourth-order valence-electron chi connectivity index (χ4n) is 3.75. The van der Waals surface area contributed by atoms with Crippen molar-refractivity contribution in [3.05, 3.63) is 66.0 Å². The van der Waals surface area contributed by atoms with Gasteiger partial charge in [0.25, 0.3) is 0 Å². The molecule has 1 N–H and O–H groups in total. The molecule has 0 aliphatic heterocycles. The summed E-state index contributed by atoms with van der Waals surface area (Å²) in [4.78, 5) is 4.41. The van der Waals surface area contributed by atoms with Crippen LogP contribution in [0.4, 0.5) is 4.39 Å². The fourth-order valence-corrected chi connectivity index (χ4v) is 3.75. The highest BCUT2D eigenvalue weighted by Gasteiger charge is 2.24. The van der Waals surface area contributed by atoms with Gasteiger partial charge in [-0.25, -0.2) is 9.37 Å². The number of imidazole rings is 1. The van der Waals surface area contributed by atoms with Gasteiger partial charge < -0.3 is 9.51 Å². The van der Waals surface area contributed by atoms with Crippen LogP contribution >= 0.6 is 0 Å². The molecule has 6 heteroatoms. The van der Waals surface area contributed by atoms with E-state index in [9.17, 15) is 9.50 Å². The van der Waals surface area contributed by atoms with Gasteiger partial charge in [-0.15, -0.1) is 0 Å². The molecule has 0 fully saturated rings. The van der Waals surface area contributed by atoms with Gasteiger partial charge >= 0.3 is 0 Å². The van der Waals surface area contributed by atoms with Crippen molar-refractivity contribution in [3.63, 3.8) is 0 Å². The Morgan fingerprint density at radius 1 is 1.03 bits per heavy atom.